The van der Waals surface area contributed by atoms with E-state index in [2.05, 4.69) is 10.1 Å². The number of aromatic nitrogens is 3. The molecule has 3 rings (SSSR count). The van der Waals surface area contributed by atoms with Gasteiger partial charge in [0.05, 0.1) is 22.9 Å². The number of benzene rings is 1. The van der Waals surface area contributed by atoms with E-state index in [-0.39, 0.29) is 17.8 Å². The van der Waals surface area contributed by atoms with Crippen LogP contribution < -0.4 is 5.56 Å². The summed E-state index contributed by atoms with van der Waals surface area (Å²) in [5.41, 5.74) is 1.49. The Bertz CT molecular complexity index is 906. The quantitative estimate of drug-likeness (QED) is 0.544. The maximum atomic E-state index is 11.9. The van der Waals surface area contributed by atoms with Crippen molar-refractivity contribution in [3.05, 3.63) is 87.0 Å². The molecule has 7 heteroatoms. The molecule has 0 spiro atoms. The highest BCUT2D eigenvalue weighted by Crippen LogP contribution is 2.21. The zero-order valence-electron chi connectivity index (χ0n) is 12.0. The second-order valence-electron chi connectivity index (χ2n) is 4.84. The van der Waals surface area contributed by atoms with Crippen molar-refractivity contribution in [1.29, 1.82) is 0 Å². The number of nitro benzene ring substituents is 1. The van der Waals surface area contributed by atoms with Crippen molar-refractivity contribution in [2.45, 2.75) is 6.54 Å². The molecule has 0 fully saturated rings. The van der Waals surface area contributed by atoms with Gasteiger partial charge in [-0.2, -0.15) is 5.10 Å². The lowest BCUT2D eigenvalue weighted by Gasteiger charge is -2.07. The van der Waals surface area contributed by atoms with Crippen LogP contribution in [0, 0.1) is 10.1 Å². The molecule has 7 nitrogen and oxygen atoms in total. The Balaban J connectivity index is 1.99. The topological polar surface area (TPSA) is 90.9 Å². The number of pyridine rings is 1. The summed E-state index contributed by atoms with van der Waals surface area (Å²) >= 11 is 0. The van der Waals surface area contributed by atoms with Crippen molar-refractivity contribution in [3.63, 3.8) is 0 Å². The van der Waals surface area contributed by atoms with Crippen LogP contribution in [-0.4, -0.2) is 19.7 Å². The fourth-order valence-electron chi connectivity index (χ4n) is 2.14. The van der Waals surface area contributed by atoms with Crippen LogP contribution in [0.1, 0.15) is 5.69 Å². The zero-order chi connectivity index (χ0) is 16.2. The van der Waals surface area contributed by atoms with Crippen LogP contribution in [-0.2, 0) is 6.54 Å². The van der Waals surface area contributed by atoms with Crippen LogP contribution >= 0.6 is 0 Å². The van der Waals surface area contributed by atoms with Crippen molar-refractivity contribution in [2.75, 3.05) is 0 Å². The first kappa shape index (κ1) is 14.6. The van der Waals surface area contributed by atoms with E-state index in [9.17, 15) is 14.9 Å². The molecule has 1 aromatic carbocycles. The molecule has 0 amide bonds. The van der Waals surface area contributed by atoms with Crippen molar-refractivity contribution < 1.29 is 4.92 Å². The van der Waals surface area contributed by atoms with Gasteiger partial charge in [-0.1, -0.05) is 18.2 Å². The Kier molecular flexibility index (Phi) is 3.92. The van der Waals surface area contributed by atoms with Gasteiger partial charge >= 0.3 is 0 Å². The average Bonchev–Trinajstić information content (AvgIpc) is 2.58. The molecule has 0 aliphatic rings. The first-order valence-corrected chi connectivity index (χ1v) is 6.86. The Morgan fingerprint density at radius 2 is 1.96 bits per heavy atom. The van der Waals surface area contributed by atoms with E-state index in [1.165, 1.54) is 22.9 Å². The molecule has 114 valence electrons. The molecule has 0 saturated heterocycles. The summed E-state index contributed by atoms with van der Waals surface area (Å²) in [4.78, 5) is 26.5. The van der Waals surface area contributed by atoms with Gasteiger partial charge in [0.2, 0.25) is 0 Å². The molecule has 0 bridgehead atoms. The lowest BCUT2D eigenvalue weighted by molar-refractivity contribution is -0.384. The largest absolute Gasteiger partial charge is 0.270 e. The van der Waals surface area contributed by atoms with Crippen molar-refractivity contribution in [2.24, 2.45) is 0 Å². The van der Waals surface area contributed by atoms with Gasteiger partial charge in [0, 0.05) is 30.0 Å². The van der Waals surface area contributed by atoms with E-state index in [4.69, 9.17) is 0 Å². The Hall–Kier alpha value is -3.35. The normalized spacial score (nSPS) is 10.4. The molecule has 0 radical (unpaired) electrons. The predicted octanol–water partition coefficient (Wildman–Crippen LogP) is 2.26. The van der Waals surface area contributed by atoms with Crippen LogP contribution in [0.4, 0.5) is 5.69 Å². The van der Waals surface area contributed by atoms with Gasteiger partial charge in [0.1, 0.15) is 0 Å². The molecule has 23 heavy (non-hydrogen) atoms. The van der Waals surface area contributed by atoms with E-state index < -0.39 is 4.92 Å². The summed E-state index contributed by atoms with van der Waals surface area (Å²) in [6.07, 6.45) is 1.64. The first-order valence-electron chi connectivity index (χ1n) is 6.86. The fraction of sp³-hybridized carbons (Fsp3) is 0.0625. The van der Waals surface area contributed by atoms with Gasteiger partial charge in [-0.25, -0.2) is 4.68 Å². The summed E-state index contributed by atoms with van der Waals surface area (Å²) in [6.45, 7) is 0.239. The number of hydrogen-bond donors (Lipinski definition) is 0. The van der Waals surface area contributed by atoms with Gasteiger partial charge in [-0.05, 0) is 18.2 Å². The Labute approximate surface area is 131 Å². The molecule has 0 N–H and O–H groups in total. The molecule has 0 unspecified atom stereocenters. The van der Waals surface area contributed by atoms with Crippen LogP contribution in [0.3, 0.4) is 0 Å². The minimum Gasteiger partial charge on any atom is -0.268 e. The maximum Gasteiger partial charge on any atom is 0.270 e. The van der Waals surface area contributed by atoms with Crippen molar-refractivity contribution in [1.82, 2.24) is 14.8 Å². The molecule has 2 heterocycles. The van der Waals surface area contributed by atoms with E-state index in [1.54, 1.807) is 36.5 Å². The monoisotopic (exact) mass is 308 g/mol. The van der Waals surface area contributed by atoms with Crippen LogP contribution in [0.5, 0.6) is 0 Å². The number of rotatable bonds is 4. The van der Waals surface area contributed by atoms with Gasteiger partial charge in [-0.3, -0.25) is 19.9 Å². The third kappa shape index (κ3) is 3.29. The second kappa shape index (κ2) is 6.18. The molecule has 0 atom stereocenters. The maximum absolute atomic E-state index is 11.9. The lowest BCUT2D eigenvalue weighted by atomic mass is 10.1. The van der Waals surface area contributed by atoms with E-state index in [0.29, 0.717) is 17.0 Å². The molecule has 2 aromatic heterocycles. The Morgan fingerprint density at radius 3 is 2.70 bits per heavy atom. The molecule has 0 aliphatic heterocycles. The minimum absolute atomic E-state index is 0.0215. The van der Waals surface area contributed by atoms with Crippen LogP contribution in [0.25, 0.3) is 11.3 Å². The highest BCUT2D eigenvalue weighted by molar-refractivity contribution is 5.61. The second-order valence-corrected chi connectivity index (χ2v) is 4.84. The number of non-ortho nitro benzene ring substituents is 1. The van der Waals surface area contributed by atoms with Gasteiger partial charge in [0.15, 0.2) is 0 Å². The molecule has 0 saturated carbocycles. The summed E-state index contributed by atoms with van der Waals surface area (Å²) in [5.74, 6) is 0. The van der Waals surface area contributed by atoms with Crippen LogP contribution in [0.15, 0.2) is 65.6 Å². The van der Waals surface area contributed by atoms with E-state index in [1.807, 2.05) is 6.07 Å². The van der Waals surface area contributed by atoms with E-state index in [0.717, 1.165) is 0 Å². The fourth-order valence-corrected chi connectivity index (χ4v) is 2.14. The van der Waals surface area contributed by atoms with Gasteiger partial charge in [-0.15, -0.1) is 0 Å². The summed E-state index contributed by atoms with van der Waals surface area (Å²) in [7, 11) is 0. The highest BCUT2D eigenvalue weighted by atomic mass is 16.6. The SMILES string of the molecule is O=c1ccc(-c2cccc([N+](=O)[O-])c2)nn1Cc1ccccn1. The molecular weight excluding hydrogens is 296 g/mol. The third-order valence-electron chi connectivity index (χ3n) is 3.26. The predicted molar refractivity (Wildman–Crippen MR) is 83.9 cm³/mol. The lowest BCUT2D eigenvalue weighted by Crippen LogP contribution is -2.23. The molecular formula is C16H12N4O3. The Morgan fingerprint density at radius 1 is 1.09 bits per heavy atom. The van der Waals surface area contributed by atoms with Gasteiger partial charge < -0.3 is 0 Å². The summed E-state index contributed by atoms with van der Waals surface area (Å²) in [5, 5.41) is 15.1. The summed E-state index contributed by atoms with van der Waals surface area (Å²) < 4.78 is 1.29. The number of nitrogens with zero attached hydrogens (tertiary/aromatic N) is 4. The summed E-state index contributed by atoms with van der Waals surface area (Å²) in [6, 6.07) is 14.5. The number of hydrogen-bond acceptors (Lipinski definition) is 5. The third-order valence-corrected chi connectivity index (χ3v) is 3.26. The molecule has 3 aromatic rings. The number of nitro groups is 1. The average molecular weight is 308 g/mol. The standard InChI is InChI=1S/C16H12N4O3/c21-16-8-7-15(12-4-3-6-14(10-12)20(22)23)18-19(16)11-13-5-1-2-9-17-13/h1-10H,11H2. The highest BCUT2D eigenvalue weighted by Gasteiger charge is 2.09. The van der Waals surface area contributed by atoms with E-state index >= 15 is 0 Å². The minimum atomic E-state index is -0.465. The van der Waals surface area contributed by atoms with Crippen molar-refractivity contribution in [3.8, 4) is 11.3 Å². The first-order chi connectivity index (χ1) is 11.1. The smallest absolute Gasteiger partial charge is 0.268 e. The molecule has 0 aliphatic carbocycles. The van der Waals surface area contributed by atoms with Gasteiger partial charge in [0.25, 0.3) is 11.2 Å². The van der Waals surface area contributed by atoms with Crippen LogP contribution in [0.2, 0.25) is 0 Å². The zero-order valence-corrected chi connectivity index (χ0v) is 12.0. The van der Waals surface area contributed by atoms with Crippen molar-refractivity contribution >= 4 is 5.69 Å².